The van der Waals surface area contributed by atoms with Crippen molar-refractivity contribution in [3.05, 3.63) is 29.6 Å². The maximum absolute atomic E-state index is 12.6. The number of carbonyl (C=O) groups is 1. The topological polar surface area (TPSA) is 36.4 Å². The Morgan fingerprint density at radius 2 is 1.90 bits per heavy atom. The predicted molar refractivity (Wildman–Crippen MR) is 81.0 cm³/mol. The number of hydrogen-bond donors (Lipinski definition) is 0. The summed E-state index contributed by atoms with van der Waals surface area (Å²) < 4.78 is 0. The lowest BCUT2D eigenvalue weighted by Crippen LogP contribution is -2.48. The smallest absolute Gasteiger partial charge is 0.254 e. The molecule has 1 saturated heterocycles. The van der Waals surface area contributed by atoms with E-state index in [1.807, 2.05) is 17.0 Å². The highest BCUT2D eigenvalue weighted by molar-refractivity contribution is 5.94. The first kappa shape index (κ1) is 15.0. The molecule has 4 heteroatoms. The summed E-state index contributed by atoms with van der Waals surface area (Å²) in [6.45, 7) is 13.1. The largest absolute Gasteiger partial charge is 0.336 e. The Balaban J connectivity index is 2.10. The third-order valence-corrected chi connectivity index (χ3v) is 3.88. The van der Waals surface area contributed by atoms with Gasteiger partial charge in [0.2, 0.25) is 0 Å². The van der Waals surface area contributed by atoms with Crippen LogP contribution < -0.4 is 0 Å². The molecule has 0 bridgehead atoms. The molecule has 0 spiro atoms. The van der Waals surface area contributed by atoms with Gasteiger partial charge in [0, 0.05) is 49.0 Å². The fourth-order valence-electron chi connectivity index (χ4n) is 2.42. The number of rotatable bonds is 2. The van der Waals surface area contributed by atoms with Crippen molar-refractivity contribution in [2.75, 3.05) is 32.7 Å². The fraction of sp³-hybridized carbons (Fsp3) is 0.625. The van der Waals surface area contributed by atoms with E-state index < -0.39 is 0 Å². The number of nitrogens with zero attached hydrogens (tertiary/aromatic N) is 3. The monoisotopic (exact) mass is 275 g/mol. The second-order valence-corrected chi connectivity index (χ2v) is 6.41. The number of aromatic nitrogens is 1. The van der Waals surface area contributed by atoms with Crippen LogP contribution in [0.25, 0.3) is 0 Å². The quantitative estimate of drug-likeness (QED) is 0.830. The fourth-order valence-corrected chi connectivity index (χ4v) is 2.42. The van der Waals surface area contributed by atoms with E-state index in [9.17, 15) is 4.79 Å². The average molecular weight is 275 g/mol. The lowest BCUT2D eigenvalue weighted by atomic mass is 9.91. The van der Waals surface area contributed by atoms with Crippen molar-refractivity contribution in [1.82, 2.24) is 14.8 Å². The van der Waals surface area contributed by atoms with Crippen molar-refractivity contribution < 1.29 is 4.79 Å². The minimum atomic E-state index is -0.0306. The summed E-state index contributed by atoms with van der Waals surface area (Å²) in [6.07, 6.45) is 1.75. The van der Waals surface area contributed by atoms with Crippen LogP contribution >= 0.6 is 0 Å². The molecule has 2 heterocycles. The van der Waals surface area contributed by atoms with Crippen LogP contribution in [0.3, 0.4) is 0 Å². The number of pyridine rings is 1. The zero-order chi connectivity index (χ0) is 14.8. The van der Waals surface area contributed by atoms with Crippen molar-refractivity contribution in [3.63, 3.8) is 0 Å². The Kier molecular flexibility index (Phi) is 4.43. The maximum Gasteiger partial charge on any atom is 0.254 e. The number of carbonyl (C=O) groups excluding carboxylic acids is 1. The SMILES string of the molecule is CCN1CCN(C(=O)c2ccnc(C(C)(C)C)c2)CC1. The molecule has 0 radical (unpaired) electrons. The normalized spacial score (nSPS) is 17.3. The molecule has 110 valence electrons. The third-order valence-electron chi connectivity index (χ3n) is 3.88. The zero-order valence-electron chi connectivity index (χ0n) is 13.0. The summed E-state index contributed by atoms with van der Waals surface area (Å²) in [5.74, 6) is 0.133. The molecule has 0 aromatic carbocycles. The number of amides is 1. The van der Waals surface area contributed by atoms with Crippen LogP contribution in [0.15, 0.2) is 18.3 Å². The van der Waals surface area contributed by atoms with Gasteiger partial charge in [-0.05, 0) is 18.7 Å². The standard InChI is InChI=1S/C16H25N3O/c1-5-18-8-10-19(11-9-18)15(20)13-6-7-17-14(12-13)16(2,3)4/h6-7,12H,5,8-11H2,1-4H3. The summed E-state index contributed by atoms with van der Waals surface area (Å²) in [7, 11) is 0. The van der Waals surface area contributed by atoms with Crippen molar-refractivity contribution in [3.8, 4) is 0 Å². The Morgan fingerprint density at radius 1 is 1.25 bits per heavy atom. The minimum absolute atomic E-state index is 0.0306. The Labute approximate surface area is 121 Å². The van der Waals surface area contributed by atoms with Crippen LogP contribution in [0.4, 0.5) is 0 Å². The molecule has 0 unspecified atom stereocenters. The molecule has 0 N–H and O–H groups in total. The van der Waals surface area contributed by atoms with E-state index in [1.54, 1.807) is 6.20 Å². The Bertz CT molecular complexity index is 471. The van der Waals surface area contributed by atoms with Gasteiger partial charge in [-0.3, -0.25) is 9.78 Å². The van der Waals surface area contributed by atoms with Crippen LogP contribution in [-0.4, -0.2) is 53.4 Å². The molecule has 0 atom stereocenters. The zero-order valence-corrected chi connectivity index (χ0v) is 13.0. The van der Waals surface area contributed by atoms with E-state index >= 15 is 0 Å². The van der Waals surface area contributed by atoms with Gasteiger partial charge in [0.1, 0.15) is 0 Å². The molecule has 1 aromatic rings. The second kappa shape index (κ2) is 5.92. The first-order valence-corrected chi connectivity index (χ1v) is 7.40. The van der Waals surface area contributed by atoms with Crippen molar-refractivity contribution in [1.29, 1.82) is 0 Å². The second-order valence-electron chi connectivity index (χ2n) is 6.41. The molecular weight excluding hydrogens is 250 g/mol. The molecule has 1 amide bonds. The van der Waals surface area contributed by atoms with Crippen LogP contribution in [0, 0.1) is 0 Å². The highest BCUT2D eigenvalue weighted by Gasteiger charge is 2.23. The molecule has 2 rings (SSSR count). The summed E-state index contributed by atoms with van der Waals surface area (Å²) in [5.41, 5.74) is 1.70. The van der Waals surface area contributed by atoms with E-state index in [0.29, 0.717) is 0 Å². The van der Waals surface area contributed by atoms with Gasteiger partial charge in [0.25, 0.3) is 5.91 Å². The molecule has 20 heavy (non-hydrogen) atoms. The first-order valence-electron chi connectivity index (χ1n) is 7.40. The number of likely N-dealkylation sites (N-methyl/N-ethyl adjacent to an activating group) is 1. The van der Waals surface area contributed by atoms with Crippen molar-refractivity contribution in [2.45, 2.75) is 33.1 Å². The summed E-state index contributed by atoms with van der Waals surface area (Å²) in [5, 5.41) is 0. The lowest BCUT2D eigenvalue weighted by Gasteiger charge is -2.34. The lowest BCUT2D eigenvalue weighted by molar-refractivity contribution is 0.0643. The average Bonchev–Trinajstić information content (AvgIpc) is 2.46. The van der Waals surface area contributed by atoms with Gasteiger partial charge in [-0.25, -0.2) is 0 Å². The molecule has 4 nitrogen and oxygen atoms in total. The van der Waals surface area contributed by atoms with Crippen molar-refractivity contribution >= 4 is 5.91 Å². The van der Waals surface area contributed by atoms with Gasteiger partial charge < -0.3 is 9.80 Å². The van der Waals surface area contributed by atoms with E-state index in [-0.39, 0.29) is 11.3 Å². The number of piperazine rings is 1. The van der Waals surface area contributed by atoms with Gasteiger partial charge in [0.05, 0.1) is 0 Å². The van der Waals surface area contributed by atoms with Crippen LogP contribution in [0.2, 0.25) is 0 Å². The molecule has 1 aromatic heterocycles. The van der Waals surface area contributed by atoms with Crippen LogP contribution in [0.5, 0.6) is 0 Å². The first-order chi connectivity index (χ1) is 9.41. The Hall–Kier alpha value is -1.42. The molecule has 0 aliphatic carbocycles. The predicted octanol–water partition coefficient (Wildman–Crippen LogP) is 2.16. The Morgan fingerprint density at radius 3 is 2.45 bits per heavy atom. The molecule has 1 fully saturated rings. The van der Waals surface area contributed by atoms with E-state index in [4.69, 9.17) is 0 Å². The molecule has 1 aliphatic heterocycles. The van der Waals surface area contributed by atoms with Gasteiger partial charge >= 0.3 is 0 Å². The van der Waals surface area contributed by atoms with E-state index in [2.05, 4.69) is 37.6 Å². The molecular formula is C16H25N3O. The van der Waals surface area contributed by atoms with Gasteiger partial charge in [0.15, 0.2) is 0 Å². The van der Waals surface area contributed by atoms with E-state index in [1.165, 1.54) is 0 Å². The summed E-state index contributed by atoms with van der Waals surface area (Å²) in [4.78, 5) is 21.3. The maximum atomic E-state index is 12.6. The number of hydrogen-bond acceptors (Lipinski definition) is 3. The highest BCUT2D eigenvalue weighted by atomic mass is 16.2. The van der Waals surface area contributed by atoms with Crippen molar-refractivity contribution in [2.24, 2.45) is 0 Å². The van der Waals surface area contributed by atoms with Crippen LogP contribution in [0.1, 0.15) is 43.7 Å². The summed E-state index contributed by atoms with van der Waals surface area (Å²) in [6, 6.07) is 3.76. The van der Waals surface area contributed by atoms with Crippen LogP contribution in [-0.2, 0) is 5.41 Å². The van der Waals surface area contributed by atoms with Gasteiger partial charge in [-0.2, -0.15) is 0 Å². The molecule has 1 aliphatic rings. The van der Waals surface area contributed by atoms with Gasteiger partial charge in [-0.1, -0.05) is 27.7 Å². The summed E-state index contributed by atoms with van der Waals surface area (Å²) >= 11 is 0. The molecule has 0 saturated carbocycles. The third kappa shape index (κ3) is 3.37. The minimum Gasteiger partial charge on any atom is -0.336 e. The highest BCUT2D eigenvalue weighted by Crippen LogP contribution is 2.21. The van der Waals surface area contributed by atoms with Gasteiger partial charge in [-0.15, -0.1) is 0 Å². The van der Waals surface area contributed by atoms with E-state index in [0.717, 1.165) is 44.0 Å².